The van der Waals surface area contributed by atoms with Crippen LogP contribution in [0.3, 0.4) is 0 Å². The SMILES string of the molecule is CC(C)C1OCCC1CNC(=O)CC(C)C1CCCNC1.Cl. The number of carbonyl (C=O) groups excluding carboxylic acids is 1. The third-order valence-corrected chi connectivity index (χ3v) is 5.13. The molecule has 2 rings (SSSR count). The maximum atomic E-state index is 12.2. The van der Waals surface area contributed by atoms with E-state index >= 15 is 0 Å². The summed E-state index contributed by atoms with van der Waals surface area (Å²) >= 11 is 0. The number of hydrogen-bond donors (Lipinski definition) is 2. The predicted molar refractivity (Wildman–Crippen MR) is 92.3 cm³/mol. The quantitative estimate of drug-likeness (QED) is 0.786. The minimum atomic E-state index is 0. The molecule has 4 unspecified atom stereocenters. The number of nitrogens with one attached hydrogen (secondary N) is 2. The number of hydrogen-bond acceptors (Lipinski definition) is 3. The number of halogens is 1. The Kier molecular flexibility index (Phi) is 8.73. The van der Waals surface area contributed by atoms with Gasteiger partial charge in [-0.15, -0.1) is 12.4 Å². The third kappa shape index (κ3) is 5.71. The van der Waals surface area contributed by atoms with Gasteiger partial charge in [0.25, 0.3) is 0 Å². The van der Waals surface area contributed by atoms with Crippen molar-refractivity contribution >= 4 is 18.3 Å². The van der Waals surface area contributed by atoms with E-state index in [1.165, 1.54) is 12.8 Å². The molecule has 2 saturated heterocycles. The van der Waals surface area contributed by atoms with Crippen LogP contribution in [0.1, 0.15) is 46.5 Å². The molecule has 130 valence electrons. The molecule has 2 heterocycles. The average Bonchev–Trinajstić information content (AvgIpc) is 2.94. The van der Waals surface area contributed by atoms with E-state index in [1.807, 2.05) is 0 Å². The van der Waals surface area contributed by atoms with Crippen LogP contribution in [0, 0.1) is 23.7 Å². The lowest BCUT2D eigenvalue weighted by atomic mass is 9.85. The highest BCUT2D eigenvalue weighted by Gasteiger charge is 2.31. The van der Waals surface area contributed by atoms with E-state index in [0.29, 0.717) is 36.2 Å². The van der Waals surface area contributed by atoms with Crippen LogP contribution < -0.4 is 10.6 Å². The monoisotopic (exact) mass is 332 g/mol. The van der Waals surface area contributed by atoms with Gasteiger partial charge in [0.15, 0.2) is 0 Å². The van der Waals surface area contributed by atoms with Crippen LogP contribution in [0.25, 0.3) is 0 Å². The van der Waals surface area contributed by atoms with E-state index in [-0.39, 0.29) is 18.3 Å². The molecule has 0 aromatic carbocycles. The summed E-state index contributed by atoms with van der Waals surface area (Å²) in [6.45, 7) is 10.4. The van der Waals surface area contributed by atoms with Gasteiger partial charge in [0.05, 0.1) is 6.10 Å². The second kappa shape index (κ2) is 9.74. The van der Waals surface area contributed by atoms with Crippen molar-refractivity contribution < 1.29 is 9.53 Å². The molecule has 2 fully saturated rings. The van der Waals surface area contributed by atoms with Crippen LogP contribution in [0.5, 0.6) is 0 Å². The number of rotatable bonds is 6. The van der Waals surface area contributed by atoms with Gasteiger partial charge in [-0.1, -0.05) is 20.8 Å². The lowest BCUT2D eigenvalue weighted by Crippen LogP contribution is -2.38. The molecule has 0 aliphatic carbocycles. The van der Waals surface area contributed by atoms with E-state index in [2.05, 4.69) is 31.4 Å². The van der Waals surface area contributed by atoms with Gasteiger partial charge in [-0.2, -0.15) is 0 Å². The van der Waals surface area contributed by atoms with Gasteiger partial charge >= 0.3 is 0 Å². The highest BCUT2D eigenvalue weighted by molar-refractivity contribution is 5.85. The normalized spacial score (nSPS) is 29.9. The average molecular weight is 333 g/mol. The van der Waals surface area contributed by atoms with Gasteiger partial charge in [0, 0.05) is 25.5 Å². The van der Waals surface area contributed by atoms with Crippen LogP contribution in [0.2, 0.25) is 0 Å². The molecule has 5 heteroatoms. The van der Waals surface area contributed by atoms with E-state index in [0.717, 1.165) is 32.7 Å². The van der Waals surface area contributed by atoms with Gasteiger partial charge in [0.2, 0.25) is 5.91 Å². The van der Waals surface area contributed by atoms with Crippen LogP contribution in [0.4, 0.5) is 0 Å². The summed E-state index contributed by atoms with van der Waals surface area (Å²) in [4.78, 5) is 12.2. The summed E-state index contributed by atoms with van der Waals surface area (Å²) < 4.78 is 5.78. The first-order valence-electron chi connectivity index (χ1n) is 8.67. The van der Waals surface area contributed by atoms with Gasteiger partial charge < -0.3 is 15.4 Å². The van der Waals surface area contributed by atoms with Crippen molar-refractivity contribution in [3.8, 4) is 0 Å². The Morgan fingerprint density at radius 3 is 2.73 bits per heavy atom. The van der Waals surface area contributed by atoms with Crippen molar-refractivity contribution in [3.63, 3.8) is 0 Å². The fourth-order valence-electron chi connectivity index (χ4n) is 3.75. The zero-order chi connectivity index (χ0) is 15.2. The number of carbonyl (C=O) groups is 1. The fraction of sp³-hybridized carbons (Fsp3) is 0.941. The zero-order valence-corrected chi connectivity index (χ0v) is 15.1. The molecule has 22 heavy (non-hydrogen) atoms. The summed E-state index contributed by atoms with van der Waals surface area (Å²) in [5, 5.41) is 6.58. The smallest absolute Gasteiger partial charge is 0.220 e. The topological polar surface area (TPSA) is 50.4 Å². The molecule has 1 amide bonds. The van der Waals surface area contributed by atoms with Crippen LogP contribution in [-0.4, -0.2) is 38.3 Å². The van der Waals surface area contributed by atoms with Crippen molar-refractivity contribution in [2.75, 3.05) is 26.2 Å². The molecule has 4 nitrogen and oxygen atoms in total. The van der Waals surface area contributed by atoms with Crippen LogP contribution in [0.15, 0.2) is 0 Å². The second-order valence-electron chi connectivity index (χ2n) is 7.22. The fourth-order valence-corrected chi connectivity index (χ4v) is 3.75. The van der Waals surface area contributed by atoms with Crippen LogP contribution >= 0.6 is 12.4 Å². The molecular weight excluding hydrogens is 300 g/mol. The lowest BCUT2D eigenvalue weighted by molar-refractivity contribution is -0.122. The van der Waals surface area contributed by atoms with E-state index in [1.54, 1.807) is 0 Å². The third-order valence-electron chi connectivity index (χ3n) is 5.13. The molecule has 4 atom stereocenters. The van der Waals surface area contributed by atoms with Crippen molar-refractivity contribution in [1.82, 2.24) is 10.6 Å². The minimum absolute atomic E-state index is 0. The summed E-state index contributed by atoms with van der Waals surface area (Å²) in [5.41, 5.74) is 0. The number of amides is 1. The van der Waals surface area contributed by atoms with Gasteiger partial charge in [0.1, 0.15) is 0 Å². The highest BCUT2D eigenvalue weighted by Crippen LogP contribution is 2.26. The molecule has 2 N–H and O–H groups in total. The first kappa shape index (κ1) is 19.7. The van der Waals surface area contributed by atoms with Crippen LogP contribution in [-0.2, 0) is 9.53 Å². The Balaban J connectivity index is 0.00000242. The minimum Gasteiger partial charge on any atom is -0.378 e. The first-order chi connectivity index (χ1) is 10.1. The molecular formula is C17H33ClN2O2. The molecule has 0 aromatic heterocycles. The Bertz CT molecular complexity index is 333. The van der Waals surface area contributed by atoms with Gasteiger partial charge in [-0.25, -0.2) is 0 Å². The van der Waals surface area contributed by atoms with Crippen molar-refractivity contribution in [2.45, 2.75) is 52.6 Å². The molecule has 2 aliphatic heterocycles. The van der Waals surface area contributed by atoms with E-state index in [9.17, 15) is 4.79 Å². The summed E-state index contributed by atoms with van der Waals surface area (Å²) in [6.07, 6.45) is 4.54. The van der Waals surface area contributed by atoms with Gasteiger partial charge in [-0.3, -0.25) is 4.79 Å². The summed E-state index contributed by atoms with van der Waals surface area (Å²) in [7, 11) is 0. The molecule has 0 bridgehead atoms. The van der Waals surface area contributed by atoms with E-state index < -0.39 is 0 Å². The maximum absolute atomic E-state index is 12.2. The van der Waals surface area contributed by atoms with Crippen molar-refractivity contribution in [3.05, 3.63) is 0 Å². The summed E-state index contributed by atoms with van der Waals surface area (Å²) in [6, 6.07) is 0. The van der Waals surface area contributed by atoms with Crippen molar-refractivity contribution in [1.29, 1.82) is 0 Å². The van der Waals surface area contributed by atoms with Crippen molar-refractivity contribution in [2.24, 2.45) is 23.7 Å². The Hall–Kier alpha value is -0.320. The van der Waals surface area contributed by atoms with Gasteiger partial charge in [-0.05, 0) is 50.1 Å². The first-order valence-corrected chi connectivity index (χ1v) is 8.67. The Morgan fingerprint density at radius 2 is 2.09 bits per heavy atom. The Labute approximate surface area is 141 Å². The standard InChI is InChI=1S/C17H32N2O2.ClH/c1-12(2)17-15(6-8-21-17)11-19-16(20)9-13(3)14-5-4-7-18-10-14;/h12-15,17-18H,4-11H2,1-3H3,(H,19,20);1H. The number of piperidine rings is 1. The maximum Gasteiger partial charge on any atom is 0.220 e. The largest absolute Gasteiger partial charge is 0.378 e. The molecule has 0 radical (unpaired) electrons. The number of ether oxygens (including phenoxy) is 1. The molecule has 0 spiro atoms. The predicted octanol–water partition coefficient (Wildman–Crippen LogP) is 2.61. The van der Waals surface area contributed by atoms with E-state index in [4.69, 9.17) is 4.74 Å². The highest BCUT2D eigenvalue weighted by atomic mass is 35.5. The Morgan fingerprint density at radius 1 is 1.32 bits per heavy atom. The zero-order valence-electron chi connectivity index (χ0n) is 14.3. The molecule has 2 aliphatic rings. The summed E-state index contributed by atoms with van der Waals surface area (Å²) in [5.74, 6) is 2.35. The molecule has 0 saturated carbocycles. The lowest BCUT2D eigenvalue weighted by Gasteiger charge is -2.28. The molecule has 0 aromatic rings. The second-order valence-corrected chi connectivity index (χ2v) is 7.22.